The second-order valence-electron chi connectivity index (χ2n) is 10.1. The van der Waals surface area contributed by atoms with Gasteiger partial charge in [-0.3, -0.25) is 9.62 Å². The summed E-state index contributed by atoms with van der Waals surface area (Å²) in [5.74, 6) is -0.0202. The smallest absolute Gasteiger partial charge is 0.235 e. The van der Waals surface area contributed by atoms with Crippen LogP contribution < -0.4 is 4.72 Å². The van der Waals surface area contributed by atoms with Crippen molar-refractivity contribution in [3.8, 4) is 5.88 Å². The highest BCUT2D eigenvalue weighted by molar-refractivity contribution is 7.93. The molecule has 1 aliphatic heterocycles. The molecule has 0 unspecified atom stereocenters. The molecule has 0 radical (unpaired) electrons. The molecule has 3 N–H and O–H groups in total. The van der Waals surface area contributed by atoms with E-state index in [1.165, 1.54) is 24.8 Å². The molecule has 1 aliphatic rings. The van der Waals surface area contributed by atoms with Crippen molar-refractivity contribution in [2.24, 2.45) is 4.99 Å². The van der Waals surface area contributed by atoms with Gasteiger partial charge in [0.1, 0.15) is 0 Å². The number of piperidine rings is 1. The molecule has 8 heteroatoms. The Balaban J connectivity index is 1.54. The molecule has 4 aromatic rings. The largest absolute Gasteiger partial charge is 0.494 e. The highest BCUT2D eigenvalue weighted by Crippen LogP contribution is 2.33. The number of H-pyrrole nitrogens is 1. The molecular formula is C30H34N4O3S. The number of rotatable bonds is 8. The molecule has 0 amide bonds. The van der Waals surface area contributed by atoms with Crippen LogP contribution in [0.3, 0.4) is 0 Å². The van der Waals surface area contributed by atoms with Crippen LogP contribution in [0.2, 0.25) is 0 Å². The number of benzene rings is 3. The van der Waals surface area contributed by atoms with Gasteiger partial charge in [0.05, 0.1) is 22.2 Å². The first-order chi connectivity index (χ1) is 18.3. The average Bonchev–Trinajstić information content (AvgIpc) is 3.24. The van der Waals surface area contributed by atoms with E-state index >= 15 is 0 Å². The van der Waals surface area contributed by atoms with Crippen molar-refractivity contribution in [1.29, 1.82) is 0 Å². The molecular weight excluding hydrogens is 496 g/mol. The van der Waals surface area contributed by atoms with E-state index in [2.05, 4.69) is 26.7 Å². The quantitative estimate of drug-likeness (QED) is 0.237. The van der Waals surface area contributed by atoms with E-state index < -0.39 is 15.3 Å². The van der Waals surface area contributed by atoms with Crippen LogP contribution in [-0.2, 0) is 16.6 Å². The summed E-state index contributed by atoms with van der Waals surface area (Å²) in [6.07, 6.45) is 3.84. The second kappa shape index (κ2) is 11.0. The Morgan fingerprint density at radius 1 is 1.00 bits per heavy atom. The summed E-state index contributed by atoms with van der Waals surface area (Å²) in [6, 6.07) is 23.1. The fraction of sp³-hybridized carbons (Fsp3) is 0.300. The first kappa shape index (κ1) is 26.0. The van der Waals surface area contributed by atoms with Gasteiger partial charge in [0, 0.05) is 28.7 Å². The standard InChI is InChI=1S/C30H34N4O3S/c1-21(2)38(36,37)33-25-15-16-27-26(19-25)28(30(35)32-27)29(23-9-5-3-6-10-23)31-24-13-11-22(12-14-24)20-34-17-7-4-8-18-34/h3,5-6,9-16,19,21,32-33,35H,4,7-8,17-18,20H2,1-2H3. The van der Waals surface area contributed by atoms with Gasteiger partial charge in [-0.05, 0) is 75.7 Å². The number of aromatic nitrogens is 1. The molecule has 1 aromatic heterocycles. The number of aromatic amines is 1. The van der Waals surface area contributed by atoms with Crippen molar-refractivity contribution in [2.75, 3.05) is 17.8 Å². The van der Waals surface area contributed by atoms with Crippen LogP contribution in [0.5, 0.6) is 5.88 Å². The van der Waals surface area contributed by atoms with Crippen LogP contribution >= 0.6 is 0 Å². The van der Waals surface area contributed by atoms with Crippen LogP contribution in [0.4, 0.5) is 11.4 Å². The third kappa shape index (κ3) is 5.76. The number of sulfonamides is 1. The lowest BCUT2D eigenvalue weighted by atomic mass is 10.0. The predicted molar refractivity (Wildman–Crippen MR) is 155 cm³/mol. The van der Waals surface area contributed by atoms with Gasteiger partial charge < -0.3 is 10.1 Å². The Morgan fingerprint density at radius 3 is 2.39 bits per heavy atom. The number of hydrogen-bond donors (Lipinski definition) is 3. The third-order valence-electron chi connectivity index (χ3n) is 6.98. The Hall–Kier alpha value is -3.62. The Bertz CT molecular complexity index is 1540. The average molecular weight is 531 g/mol. The number of aliphatic imine (C=N–C) groups is 1. The number of nitrogens with one attached hydrogen (secondary N) is 2. The summed E-state index contributed by atoms with van der Waals surface area (Å²) in [7, 11) is -3.52. The summed E-state index contributed by atoms with van der Waals surface area (Å²) in [5.41, 5.74) is 5.11. The second-order valence-corrected chi connectivity index (χ2v) is 12.4. The lowest BCUT2D eigenvalue weighted by Gasteiger charge is -2.26. The fourth-order valence-electron chi connectivity index (χ4n) is 4.80. The molecule has 2 heterocycles. The number of nitrogens with zero attached hydrogens (tertiary/aromatic N) is 2. The number of anilines is 1. The zero-order valence-corrected chi connectivity index (χ0v) is 22.6. The van der Waals surface area contributed by atoms with Crippen LogP contribution in [0, 0.1) is 0 Å². The zero-order valence-electron chi connectivity index (χ0n) is 21.8. The molecule has 0 aliphatic carbocycles. The maximum absolute atomic E-state index is 12.5. The van der Waals surface area contributed by atoms with Gasteiger partial charge >= 0.3 is 0 Å². The lowest BCUT2D eigenvalue weighted by molar-refractivity contribution is 0.221. The van der Waals surface area contributed by atoms with Gasteiger partial charge in [0.2, 0.25) is 10.0 Å². The maximum Gasteiger partial charge on any atom is 0.235 e. The third-order valence-corrected chi connectivity index (χ3v) is 8.74. The summed E-state index contributed by atoms with van der Waals surface area (Å²) in [6.45, 7) is 6.49. The van der Waals surface area contributed by atoms with Gasteiger partial charge in [-0.25, -0.2) is 13.4 Å². The van der Waals surface area contributed by atoms with Gasteiger partial charge in [-0.15, -0.1) is 0 Å². The van der Waals surface area contributed by atoms with Crippen LogP contribution in [-0.4, -0.2) is 47.5 Å². The summed E-state index contributed by atoms with van der Waals surface area (Å²) in [5, 5.41) is 11.1. The molecule has 3 aromatic carbocycles. The van der Waals surface area contributed by atoms with Crippen LogP contribution in [0.15, 0.2) is 77.8 Å². The van der Waals surface area contributed by atoms with Gasteiger partial charge in [-0.1, -0.05) is 48.9 Å². The van der Waals surface area contributed by atoms with E-state index in [0.29, 0.717) is 27.9 Å². The van der Waals surface area contributed by atoms with Gasteiger partial charge in [0.25, 0.3) is 0 Å². The van der Waals surface area contributed by atoms with Crippen molar-refractivity contribution in [1.82, 2.24) is 9.88 Å². The Kier molecular flexibility index (Phi) is 7.53. The van der Waals surface area contributed by atoms with Crippen LogP contribution in [0.25, 0.3) is 10.9 Å². The molecule has 0 atom stereocenters. The van der Waals surface area contributed by atoms with E-state index in [1.807, 2.05) is 42.5 Å². The van der Waals surface area contributed by atoms with Crippen molar-refractivity contribution in [2.45, 2.75) is 44.9 Å². The van der Waals surface area contributed by atoms with E-state index in [1.54, 1.807) is 32.0 Å². The molecule has 5 rings (SSSR count). The Labute approximate surface area is 224 Å². The van der Waals surface area contributed by atoms with Crippen molar-refractivity contribution >= 4 is 38.0 Å². The summed E-state index contributed by atoms with van der Waals surface area (Å²) in [4.78, 5) is 10.5. The number of likely N-dealkylation sites (tertiary alicyclic amines) is 1. The molecule has 0 bridgehead atoms. The number of fused-ring (bicyclic) bond motifs is 1. The predicted octanol–water partition coefficient (Wildman–Crippen LogP) is 6.18. The minimum absolute atomic E-state index is 0.0202. The molecule has 38 heavy (non-hydrogen) atoms. The van der Waals surface area contributed by atoms with E-state index in [0.717, 1.165) is 30.9 Å². The fourth-order valence-corrected chi connectivity index (χ4v) is 5.50. The summed E-state index contributed by atoms with van der Waals surface area (Å²) < 4.78 is 27.6. The lowest BCUT2D eigenvalue weighted by Crippen LogP contribution is -2.28. The molecule has 0 spiro atoms. The number of aromatic hydroxyl groups is 1. The normalized spacial score (nSPS) is 15.3. The number of hydrogen-bond acceptors (Lipinski definition) is 5. The zero-order chi connectivity index (χ0) is 26.7. The minimum atomic E-state index is -3.52. The Morgan fingerprint density at radius 2 is 1.71 bits per heavy atom. The first-order valence-corrected chi connectivity index (χ1v) is 14.7. The molecule has 7 nitrogen and oxygen atoms in total. The van der Waals surface area contributed by atoms with Crippen molar-refractivity contribution in [3.63, 3.8) is 0 Å². The van der Waals surface area contributed by atoms with Crippen molar-refractivity contribution < 1.29 is 13.5 Å². The minimum Gasteiger partial charge on any atom is -0.494 e. The van der Waals surface area contributed by atoms with Crippen molar-refractivity contribution in [3.05, 3.63) is 89.5 Å². The molecule has 1 saturated heterocycles. The van der Waals surface area contributed by atoms with Gasteiger partial charge in [-0.2, -0.15) is 0 Å². The molecule has 0 saturated carbocycles. The maximum atomic E-state index is 12.5. The highest BCUT2D eigenvalue weighted by Gasteiger charge is 2.21. The van der Waals surface area contributed by atoms with E-state index in [4.69, 9.17) is 4.99 Å². The first-order valence-electron chi connectivity index (χ1n) is 13.1. The summed E-state index contributed by atoms with van der Waals surface area (Å²) >= 11 is 0. The molecule has 198 valence electrons. The SMILES string of the molecule is CC(C)S(=O)(=O)Nc1ccc2[nH]c(O)c(C(=Nc3ccc(CN4CCCCC4)cc3)c3ccccc3)c2c1. The van der Waals surface area contributed by atoms with Gasteiger partial charge in [0.15, 0.2) is 5.88 Å². The highest BCUT2D eigenvalue weighted by atomic mass is 32.2. The van der Waals surface area contributed by atoms with E-state index in [9.17, 15) is 13.5 Å². The monoisotopic (exact) mass is 530 g/mol. The van der Waals surface area contributed by atoms with Crippen LogP contribution in [0.1, 0.15) is 49.8 Å². The van der Waals surface area contributed by atoms with E-state index in [-0.39, 0.29) is 5.88 Å². The molecule has 1 fully saturated rings. The topological polar surface area (TPSA) is 97.8 Å².